The van der Waals surface area contributed by atoms with Gasteiger partial charge < -0.3 is 16.0 Å². The van der Waals surface area contributed by atoms with E-state index >= 15 is 0 Å². The normalized spacial score (nSPS) is 14.9. The van der Waals surface area contributed by atoms with Crippen LogP contribution in [0.15, 0.2) is 71.1 Å². The first-order chi connectivity index (χ1) is 15.4. The summed E-state index contributed by atoms with van der Waals surface area (Å²) in [5.41, 5.74) is 14.4. The largest absolute Gasteiger partial charge is 0.383 e. The van der Waals surface area contributed by atoms with Crippen molar-refractivity contribution < 1.29 is 9.18 Å². The summed E-state index contributed by atoms with van der Waals surface area (Å²) >= 11 is 0. The number of fused-ring (bicyclic) bond motifs is 2. The number of nitrogens with two attached hydrogens (primary N) is 1. The fourth-order valence-electron chi connectivity index (χ4n) is 3.91. The number of rotatable bonds is 6. The van der Waals surface area contributed by atoms with E-state index in [0.29, 0.717) is 41.1 Å². The van der Waals surface area contributed by atoms with Gasteiger partial charge in [-0.1, -0.05) is 17.9 Å². The molecule has 0 radical (unpaired) electrons. The number of ketones is 1. The van der Waals surface area contributed by atoms with Crippen LogP contribution >= 0.6 is 0 Å². The van der Waals surface area contributed by atoms with E-state index in [1.54, 1.807) is 18.2 Å². The number of Topliss-reactive ketones (excluding diaryl/α,β-unsaturated/α-hetero) is 1. The lowest BCUT2D eigenvalue weighted by molar-refractivity contribution is 0.103. The number of aromatic nitrogens is 2. The minimum absolute atomic E-state index is 0.0458. The second-order valence-electron chi connectivity index (χ2n) is 7.91. The molecule has 2 aromatic rings. The molecule has 2 aliphatic carbocycles. The molecule has 3 N–H and O–H groups in total. The van der Waals surface area contributed by atoms with Gasteiger partial charge in [-0.25, -0.2) is 14.4 Å². The summed E-state index contributed by atoms with van der Waals surface area (Å²) in [5.74, 6) is -0.550. The summed E-state index contributed by atoms with van der Waals surface area (Å²) in [6.45, 7) is 0.710. The topological polar surface area (TPSA) is 84.1 Å². The van der Waals surface area contributed by atoms with Gasteiger partial charge in [-0.15, -0.1) is 0 Å². The first-order valence-electron chi connectivity index (χ1n) is 10.2. The first kappa shape index (κ1) is 21.4. The Morgan fingerprint density at radius 2 is 1.94 bits per heavy atom. The van der Waals surface area contributed by atoms with Crippen LogP contribution in [0, 0.1) is 5.82 Å². The maximum Gasteiger partial charge on any atom is 0.221 e. The Morgan fingerprint density at radius 1 is 1.22 bits per heavy atom. The standard InChI is InChI=1S/C25H24FN5O/c1-28-13-15(14-31(2)3)11-17-5-4-6-18-12-20(17)23-21(24(18)32)22(29-25(27)30-23)16-7-9-19(26)10-8-16/h4-10,14,28H,11,13H2,1-3H3,(H2,27,29,30). The van der Waals surface area contributed by atoms with Gasteiger partial charge in [0.2, 0.25) is 11.7 Å². The Kier molecular flexibility index (Phi) is 5.86. The number of halogens is 1. The van der Waals surface area contributed by atoms with Gasteiger partial charge in [-0.2, -0.15) is 0 Å². The summed E-state index contributed by atoms with van der Waals surface area (Å²) in [4.78, 5) is 24.1. The molecule has 162 valence electrons. The molecule has 4 rings (SSSR count). The van der Waals surface area contributed by atoms with Crippen LogP contribution in [0.2, 0.25) is 0 Å². The Morgan fingerprint density at radius 3 is 2.62 bits per heavy atom. The van der Waals surface area contributed by atoms with Crippen molar-refractivity contribution in [1.29, 1.82) is 0 Å². The summed E-state index contributed by atoms with van der Waals surface area (Å²) in [5, 5.41) is 3.20. The molecule has 0 atom stereocenters. The predicted molar refractivity (Wildman–Crippen MR) is 124 cm³/mol. The van der Waals surface area contributed by atoms with Gasteiger partial charge in [-0.3, -0.25) is 4.79 Å². The van der Waals surface area contributed by atoms with E-state index in [2.05, 4.69) is 27.2 Å². The van der Waals surface area contributed by atoms with Crippen molar-refractivity contribution in [1.82, 2.24) is 20.2 Å². The van der Waals surface area contributed by atoms with Crippen LogP contribution in [0.4, 0.5) is 10.3 Å². The molecule has 0 unspecified atom stereocenters. The number of hydrogen-bond acceptors (Lipinski definition) is 6. The van der Waals surface area contributed by atoms with Gasteiger partial charge in [0.15, 0.2) is 0 Å². The van der Waals surface area contributed by atoms with Crippen LogP contribution in [0.1, 0.15) is 22.5 Å². The lowest BCUT2D eigenvalue weighted by Crippen LogP contribution is -2.17. The number of nitrogens with one attached hydrogen (secondary N) is 1. The molecule has 0 amide bonds. The number of nitrogen functional groups attached to an aromatic ring is 1. The number of hydrogen-bond donors (Lipinski definition) is 2. The average molecular weight is 429 g/mol. The van der Waals surface area contributed by atoms with Crippen molar-refractivity contribution in [2.45, 2.75) is 6.42 Å². The second-order valence-corrected chi connectivity index (χ2v) is 7.91. The zero-order valence-electron chi connectivity index (χ0n) is 18.2. The molecule has 2 aliphatic rings. The molecule has 2 bridgehead atoms. The molecular formula is C25H24FN5O. The zero-order valence-corrected chi connectivity index (χ0v) is 18.2. The highest BCUT2D eigenvalue weighted by Crippen LogP contribution is 2.38. The predicted octanol–water partition coefficient (Wildman–Crippen LogP) is 3.52. The van der Waals surface area contributed by atoms with Gasteiger partial charge >= 0.3 is 0 Å². The summed E-state index contributed by atoms with van der Waals surface area (Å²) in [7, 11) is 5.86. The molecule has 32 heavy (non-hydrogen) atoms. The molecule has 7 heteroatoms. The van der Waals surface area contributed by atoms with Gasteiger partial charge in [0.05, 0.1) is 22.5 Å². The van der Waals surface area contributed by atoms with Crippen molar-refractivity contribution in [3.05, 3.63) is 88.2 Å². The second kappa shape index (κ2) is 8.75. The van der Waals surface area contributed by atoms with E-state index in [-0.39, 0.29) is 17.5 Å². The average Bonchev–Trinajstić information content (AvgIpc) is 2.93. The van der Waals surface area contributed by atoms with E-state index in [4.69, 9.17) is 5.73 Å². The van der Waals surface area contributed by atoms with Gasteiger partial charge in [0, 0.05) is 31.8 Å². The molecule has 0 spiro atoms. The van der Waals surface area contributed by atoms with Gasteiger partial charge in [0.25, 0.3) is 0 Å². The van der Waals surface area contributed by atoms with Crippen LogP contribution in [0.25, 0.3) is 16.8 Å². The minimum Gasteiger partial charge on any atom is -0.383 e. The monoisotopic (exact) mass is 429 g/mol. The Balaban J connectivity index is 1.87. The number of allylic oxidation sites excluding steroid dienone is 5. The van der Waals surface area contributed by atoms with Crippen LogP contribution in [-0.4, -0.2) is 48.3 Å². The Hall–Kier alpha value is -3.80. The smallest absolute Gasteiger partial charge is 0.221 e. The SMILES string of the molecule is CNCC(=CN(C)C)CC1=CC=CC2=C=C1c1nc(N)nc(-c3ccc(F)cc3)c1C2=O. The van der Waals surface area contributed by atoms with Crippen LogP contribution in [0.5, 0.6) is 0 Å². The molecule has 1 heterocycles. The van der Waals surface area contributed by atoms with Crippen molar-refractivity contribution in [2.75, 3.05) is 33.4 Å². The number of nitrogens with zero attached hydrogens (tertiary/aromatic N) is 3. The van der Waals surface area contributed by atoms with E-state index in [1.807, 2.05) is 38.2 Å². The third-order valence-electron chi connectivity index (χ3n) is 5.16. The Bertz CT molecular complexity index is 1250. The molecule has 1 aromatic carbocycles. The van der Waals surface area contributed by atoms with E-state index in [0.717, 1.165) is 16.7 Å². The zero-order chi connectivity index (χ0) is 22.8. The highest BCUT2D eigenvalue weighted by atomic mass is 19.1. The molecule has 0 fully saturated rings. The molecule has 0 saturated heterocycles. The van der Waals surface area contributed by atoms with Crippen LogP contribution in [-0.2, 0) is 0 Å². The molecule has 0 aliphatic heterocycles. The fourth-order valence-corrected chi connectivity index (χ4v) is 3.91. The van der Waals surface area contributed by atoms with E-state index in [1.165, 1.54) is 12.1 Å². The third-order valence-corrected chi connectivity index (χ3v) is 5.16. The molecule has 6 nitrogen and oxygen atoms in total. The maximum absolute atomic E-state index is 13.5. The number of carbonyl (C=O) groups excluding carboxylic acids is 1. The third kappa shape index (κ3) is 4.17. The number of benzene rings is 1. The van der Waals surface area contributed by atoms with Crippen molar-refractivity contribution in [3.63, 3.8) is 0 Å². The van der Waals surface area contributed by atoms with Crippen molar-refractivity contribution in [2.24, 2.45) is 0 Å². The fraction of sp³-hybridized carbons (Fsp3) is 0.200. The summed E-state index contributed by atoms with van der Waals surface area (Å²) in [6, 6.07) is 5.84. The first-order valence-corrected chi connectivity index (χ1v) is 10.2. The molecule has 1 aromatic heterocycles. The Labute approximate surface area is 186 Å². The molecular weight excluding hydrogens is 405 g/mol. The highest BCUT2D eigenvalue weighted by Gasteiger charge is 2.30. The quantitative estimate of drug-likeness (QED) is 0.684. The lowest BCUT2D eigenvalue weighted by Gasteiger charge is -2.20. The van der Waals surface area contributed by atoms with Crippen molar-refractivity contribution in [3.8, 4) is 11.3 Å². The van der Waals surface area contributed by atoms with Crippen LogP contribution in [0.3, 0.4) is 0 Å². The number of likely N-dealkylation sites (N-methyl/N-ethyl adjacent to an activating group) is 1. The molecule has 0 saturated carbocycles. The minimum atomic E-state index is -0.368. The van der Waals surface area contributed by atoms with E-state index in [9.17, 15) is 9.18 Å². The maximum atomic E-state index is 13.5. The van der Waals surface area contributed by atoms with Gasteiger partial charge in [0.1, 0.15) is 5.82 Å². The number of anilines is 1. The lowest BCUT2D eigenvalue weighted by atomic mass is 9.86. The number of carbonyl (C=O) groups is 1. The summed E-state index contributed by atoms with van der Waals surface area (Å²) in [6.07, 6.45) is 8.30. The van der Waals surface area contributed by atoms with E-state index < -0.39 is 0 Å². The van der Waals surface area contributed by atoms with Crippen LogP contribution < -0.4 is 11.1 Å². The summed E-state index contributed by atoms with van der Waals surface area (Å²) < 4.78 is 13.5. The van der Waals surface area contributed by atoms with Gasteiger partial charge in [-0.05, 0) is 61.2 Å². The highest BCUT2D eigenvalue weighted by molar-refractivity contribution is 6.19. The van der Waals surface area contributed by atoms with Crippen molar-refractivity contribution >= 4 is 17.3 Å².